The first kappa shape index (κ1) is 27.3. The molecule has 3 aromatic rings. The third-order valence-corrected chi connectivity index (χ3v) is 9.10. The lowest BCUT2D eigenvalue weighted by atomic mass is 9.74. The van der Waals surface area contributed by atoms with E-state index in [0.717, 1.165) is 30.4 Å². The zero-order chi connectivity index (χ0) is 28.9. The lowest BCUT2D eigenvalue weighted by molar-refractivity contribution is -0.275. The summed E-state index contributed by atoms with van der Waals surface area (Å²) in [4.78, 5) is 4.62. The van der Waals surface area contributed by atoms with Crippen LogP contribution in [0.5, 0.6) is 5.75 Å². The van der Waals surface area contributed by atoms with Gasteiger partial charge in [-0.05, 0) is 46.8 Å². The van der Waals surface area contributed by atoms with Crippen molar-refractivity contribution in [2.24, 2.45) is 16.7 Å². The smallest absolute Gasteiger partial charge is 0.402 e. The van der Waals surface area contributed by atoms with Crippen LogP contribution in [-0.4, -0.2) is 35.6 Å². The van der Waals surface area contributed by atoms with Gasteiger partial charge < -0.3 is 25.1 Å². The number of hydrogen-bond donors (Lipinski definition) is 2. The van der Waals surface area contributed by atoms with E-state index in [1.807, 2.05) is 18.4 Å². The van der Waals surface area contributed by atoms with Gasteiger partial charge in [0.2, 0.25) is 0 Å². The van der Waals surface area contributed by atoms with Crippen LogP contribution in [0, 0.1) is 28.4 Å². The number of rotatable bonds is 4. The number of ether oxygens (including phenoxy) is 2. The van der Waals surface area contributed by atoms with Crippen LogP contribution in [0.4, 0.5) is 27.6 Å². The Hall–Kier alpha value is -2.92. The molecule has 3 N–H and O–H groups in total. The second kappa shape index (κ2) is 8.79. The first-order valence-corrected chi connectivity index (χ1v) is 13.5. The molecule has 11 heteroatoms. The summed E-state index contributed by atoms with van der Waals surface area (Å²) in [5.74, 6) is -3.07. The second-order valence-corrected chi connectivity index (χ2v) is 12.5. The highest BCUT2D eigenvalue weighted by molar-refractivity contribution is 5.93. The molecule has 0 bridgehead atoms. The van der Waals surface area contributed by atoms with E-state index in [2.05, 4.69) is 35.8 Å². The standard InChI is InChI=1S/C29H33F5N4O2/c1-13(2)23-20-19(21-16-10-36-12-28(16,21)27(3,4)5)18-11-39-7-6-38(18)25(20)22(31)24(37-23)15-8-14(35)9-17(30)26(15)40-29(32,33)34/h8-9,13,16,21,36H,6-7,10-12,35H2,1-5H3. The Labute approximate surface area is 229 Å². The topological polar surface area (TPSA) is 74.3 Å². The van der Waals surface area contributed by atoms with Crippen LogP contribution in [0.15, 0.2) is 12.1 Å². The summed E-state index contributed by atoms with van der Waals surface area (Å²) < 4.78 is 83.2. The predicted octanol–water partition coefficient (Wildman–Crippen LogP) is 6.47. The molecule has 6 nitrogen and oxygen atoms in total. The molecule has 2 aliphatic heterocycles. The predicted molar refractivity (Wildman–Crippen MR) is 141 cm³/mol. The average molecular weight is 565 g/mol. The SMILES string of the molecule is CC(C)c1nc(-c2cc(N)cc(F)c2OC(F)(F)F)c(F)c2c1c(C1C3CNCC31C(C)(C)C)c1n2CCOC1. The number of pyridine rings is 1. The maximum Gasteiger partial charge on any atom is 0.573 e. The molecule has 1 aliphatic carbocycles. The lowest BCUT2D eigenvalue weighted by Crippen LogP contribution is -2.31. The number of alkyl halides is 3. The number of aromatic nitrogens is 2. The molecule has 0 amide bonds. The number of nitrogens with two attached hydrogens (primary N) is 1. The van der Waals surface area contributed by atoms with Crippen molar-refractivity contribution < 1.29 is 31.4 Å². The number of fused-ring (bicyclic) bond motifs is 4. The van der Waals surface area contributed by atoms with Crippen LogP contribution in [0.3, 0.4) is 0 Å². The Morgan fingerprint density at radius 1 is 1.20 bits per heavy atom. The minimum atomic E-state index is -5.20. The van der Waals surface area contributed by atoms with Gasteiger partial charge in [0.05, 0.1) is 30.0 Å². The molecular weight excluding hydrogens is 531 g/mol. The summed E-state index contributed by atoms with van der Waals surface area (Å²) in [6.07, 6.45) is -5.20. The summed E-state index contributed by atoms with van der Waals surface area (Å²) in [6.45, 7) is 13.2. The van der Waals surface area contributed by atoms with Crippen molar-refractivity contribution >= 4 is 16.6 Å². The minimum Gasteiger partial charge on any atom is -0.402 e. The number of nitrogens with zero attached hydrogens (tertiary/aromatic N) is 2. The highest BCUT2D eigenvalue weighted by Gasteiger charge is 2.72. The maximum atomic E-state index is 16.7. The van der Waals surface area contributed by atoms with Gasteiger partial charge in [-0.2, -0.15) is 0 Å². The van der Waals surface area contributed by atoms with E-state index in [9.17, 15) is 17.6 Å². The van der Waals surface area contributed by atoms with Gasteiger partial charge in [-0.3, -0.25) is 0 Å². The summed E-state index contributed by atoms with van der Waals surface area (Å²) >= 11 is 0. The van der Waals surface area contributed by atoms with Crippen LogP contribution in [0.1, 0.15) is 63.4 Å². The molecule has 3 aliphatic rings. The Morgan fingerprint density at radius 2 is 1.93 bits per heavy atom. The van der Waals surface area contributed by atoms with Crippen LogP contribution in [0.25, 0.3) is 22.2 Å². The van der Waals surface area contributed by atoms with E-state index in [4.69, 9.17) is 10.5 Å². The maximum absolute atomic E-state index is 16.7. The number of hydrogen-bond acceptors (Lipinski definition) is 5. The van der Waals surface area contributed by atoms with E-state index < -0.39 is 35.0 Å². The Kier molecular flexibility index (Phi) is 5.99. The van der Waals surface area contributed by atoms with Crippen molar-refractivity contribution in [1.29, 1.82) is 0 Å². The number of anilines is 1. The zero-order valence-electron chi connectivity index (χ0n) is 23.1. The molecule has 2 aromatic heterocycles. The van der Waals surface area contributed by atoms with Gasteiger partial charge in [0.25, 0.3) is 0 Å². The molecule has 40 heavy (non-hydrogen) atoms. The molecule has 2 fully saturated rings. The van der Waals surface area contributed by atoms with Gasteiger partial charge in [-0.25, -0.2) is 13.8 Å². The third kappa shape index (κ3) is 3.83. The average Bonchev–Trinajstić information content (AvgIpc) is 3.14. The molecule has 1 saturated carbocycles. The van der Waals surface area contributed by atoms with E-state index in [1.165, 1.54) is 0 Å². The molecule has 4 heterocycles. The van der Waals surface area contributed by atoms with Gasteiger partial charge in [-0.1, -0.05) is 34.6 Å². The quantitative estimate of drug-likeness (QED) is 0.281. The van der Waals surface area contributed by atoms with Gasteiger partial charge in [0.15, 0.2) is 17.4 Å². The number of halogens is 5. The Balaban J connectivity index is 1.67. The summed E-state index contributed by atoms with van der Waals surface area (Å²) in [7, 11) is 0. The molecule has 216 valence electrons. The fourth-order valence-corrected chi connectivity index (χ4v) is 7.42. The van der Waals surface area contributed by atoms with Crippen molar-refractivity contribution in [1.82, 2.24) is 14.9 Å². The van der Waals surface area contributed by atoms with Gasteiger partial charge in [-0.15, -0.1) is 13.2 Å². The number of nitrogen functional groups attached to an aromatic ring is 1. The van der Waals surface area contributed by atoms with Gasteiger partial charge in [0, 0.05) is 35.9 Å². The van der Waals surface area contributed by atoms with E-state index in [0.29, 0.717) is 42.8 Å². The van der Waals surface area contributed by atoms with Crippen LogP contribution in [0.2, 0.25) is 0 Å². The van der Waals surface area contributed by atoms with E-state index in [1.54, 1.807) is 0 Å². The fourth-order valence-electron chi connectivity index (χ4n) is 7.42. The fraction of sp³-hybridized carbons (Fsp3) is 0.552. The number of nitrogens with one attached hydrogen (secondary N) is 1. The molecule has 3 unspecified atom stereocenters. The summed E-state index contributed by atoms with van der Waals surface area (Å²) in [6, 6.07) is 1.78. The molecular formula is C29H33F5N4O2. The highest BCUT2D eigenvalue weighted by Crippen LogP contribution is 2.75. The van der Waals surface area contributed by atoms with Crippen molar-refractivity contribution in [3.05, 3.63) is 40.7 Å². The number of benzene rings is 1. The molecule has 0 spiro atoms. The molecule has 6 rings (SSSR count). The lowest BCUT2D eigenvalue weighted by Gasteiger charge is -2.31. The first-order valence-electron chi connectivity index (χ1n) is 13.5. The van der Waals surface area contributed by atoms with Crippen molar-refractivity contribution in [3.63, 3.8) is 0 Å². The third-order valence-electron chi connectivity index (χ3n) is 9.10. The van der Waals surface area contributed by atoms with E-state index >= 15 is 4.39 Å². The summed E-state index contributed by atoms with van der Waals surface area (Å²) in [5.41, 5.74) is 7.33. The zero-order valence-corrected chi connectivity index (χ0v) is 23.1. The summed E-state index contributed by atoms with van der Waals surface area (Å²) in [5, 5.41) is 4.21. The normalized spacial score (nSPS) is 24.5. The van der Waals surface area contributed by atoms with Gasteiger partial charge in [0.1, 0.15) is 5.69 Å². The molecule has 0 radical (unpaired) electrons. The van der Waals surface area contributed by atoms with E-state index in [-0.39, 0.29) is 33.9 Å². The van der Waals surface area contributed by atoms with Crippen molar-refractivity contribution in [2.75, 3.05) is 25.4 Å². The molecule has 1 aromatic carbocycles. The monoisotopic (exact) mass is 564 g/mol. The van der Waals surface area contributed by atoms with Gasteiger partial charge >= 0.3 is 6.36 Å². The molecule has 1 saturated heterocycles. The largest absolute Gasteiger partial charge is 0.573 e. The van der Waals surface area contributed by atoms with Crippen molar-refractivity contribution in [3.8, 4) is 17.0 Å². The van der Waals surface area contributed by atoms with Crippen LogP contribution in [-0.2, 0) is 17.9 Å². The number of piperidine rings is 1. The van der Waals surface area contributed by atoms with Crippen LogP contribution >= 0.6 is 0 Å². The second-order valence-electron chi connectivity index (χ2n) is 12.5. The molecule has 3 atom stereocenters. The minimum absolute atomic E-state index is 0.0324. The first-order chi connectivity index (χ1) is 18.7. The Morgan fingerprint density at radius 3 is 2.55 bits per heavy atom. The van der Waals surface area contributed by atoms with Crippen LogP contribution < -0.4 is 15.8 Å². The Bertz CT molecular complexity index is 1520. The highest BCUT2D eigenvalue weighted by atomic mass is 19.4. The van der Waals surface area contributed by atoms with Crippen molar-refractivity contribution in [2.45, 2.75) is 66.0 Å².